The Morgan fingerprint density at radius 3 is 2.76 bits per heavy atom. The van der Waals surface area contributed by atoms with Crippen LogP contribution in [0.3, 0.4) is 0 Å². The van der Waals surface area contributed by atoms with Crippen LogP contribution >= 0.6 is 0 Å². The lowest BCUT2D eigenvalue weighted by atomic mass is 9.68. The number of hydrogen-bond acceptors (Lipinski definition) is 0. The lowest BCUT2D eigenvalue weighted by Gasteiger charge is -2.38. The molecule has 0 nitrogen and oxygen atoms in total. The molecule has 0 aromatic carbocycles. The molecule has 0 aromatic rings. The molecule has 2 aliphatic carbocycles. The van der Waals surface area contributed by atoms with E-state index in [9.17, 15) is 0 Å². The molecule has 3 atom stereocenters. The maximum Gasteiger partial charge on any atom is -0.0207 e. The van der Waals surface area contributed by atoms with Crippen LogP contribution in [0.2, 0.25) is 0 Å². The van der Waals surface area contributed by atoms with E-state index in [-0.39, 0.29) is 0 Å². The molecule has 0 amide bonds. The van der Waals surface area contributed by atoms with Gasteiger partial charge in [-0.05, 0) is 49.4 Å². The summed E-state index contributed by atoms with van der Waals surface area (Å²) in [5.41, 5.74) is 0. The molecule has 2 aliphatic rings. The topological polar surface area (TPSA) is 0 Å². The number of rotatable bonds is 4. The van der Waals surface area contributed by atoms with Crippen molar-refractivity contribution >= 4 is 0 Å². The average molecular weight is 235 g/mol. The van der Waals surface area contributed by atoms with Crippen molar-refractivity contribution in [2.24, 2.45) is 17.8 Å². The molecule has 0 aromatic heterocycles. The molecule has 0 aliphatic heterocycles. The van der Waals surface area contributed by atoms with E-state index in [4.69, 9.17) is 0 Å². The van der Waals surface area contributed by atoms with Crippen LogP contribution in [0.4, 0.5) is 0 Å². The SMILES string of the molecule is CCCCC1CCCC([C]2CCCC(C)C2)C1. The summed E-state index contributed by atoms with van der Waals surface area (Å²) in [6, 6.07) is 0. The summed E-state index contributed by atoms with van der Waals surface area (Å²) in [4.78, 5) is 0. The highest BCUT2D eigenvalue weighted by molar-refractivity contribution is 5.01. The molecule has 1 radical (unpaired) electrons. The molecule has 2 rings (SSSR count). The molecule has 2 fully saturated rings. The zero-order valence-corrected chi connectivity index (χ0v) is 12.0. The van der Waals surface area contributed by atoms with Crippen LogP contribution in [-0.2, 0) is 0 Å². The van der Waals surface area contributed by atoms with E-state index < -0.39 is 0 Å². The summed E-state index contributed by atoms with van der Waals surface area (Å²) < 4.78 is 0. The number of hydrogen-bond donors (Lipinski definition) is 0. The Balaban J connectivity index is 1.79. The van der Waals surface area contributed by atoms with Crippen molar-refractivity contribution in [2.75, 3.05) is 0 Å². The van der Waals surface area contributed by atoms with Gasteiger partial charge in [0.1, 0.15) is 0 Å². The molecular weight excluding hydrogens is 204 g/mol. The van der Waals surface area contributed by atoms with Crippen molar-refractivity contribution in [3.8, 4) is 0 Å². The van der Waals surface area contributed by atoms with Crippen LogP contribution < -0.4 is 0 Å². The minimum absolute atomic E-state index is 0.981. The second kappa shape index (κ2) is 6.81. The first-order valence-electron chi connectivity index (χ1n) is 8.14. The van der Waals surface area contributed by atoms with Gasteiger partial charge in [-0.25, -0.2) is 0 Å². The molecule has 99 valence electrons. The maximum absolute atomic E-state index is 2.45. The van der Waals surface area contributed by atoms with Crippen molar-refractivity contribution < 1.29 is 0 Å². The molecule has 3 unspecified atom stereocenters. The largest absolute Gasteiger partial charge is 0.0654 e. The summed E-state index contributed by atoms with van der Waals surface area (Å²) >= 11 is 0. The first-order valence-corrected chi connectivity index (χ1v) is 8.14. The Hall–Kier alpha value is 0. The Bertz CT molecular complexity index is 208. The summed E-state index contributed by atoms with van der Waals surface area (Å²) in [6.45, 7) is 4.79. The first-order chi connectivity index (χ1) is 8.29. The molecule has 17 heavy (non-hydrogen) atoms. The van der Waals surface area contributed by atoms with Crippen LogP contribution in [-0.4, -0.2) is 0 Å². The van der Waals surface area contributed by atoms with E-state index in [2.05, 4.69) is 13.8 Å². The highest BCUT2D eigenvalue weighted by atomic mass is 14.4. The molecule has 0 heteroatoms. The Morgan fingerprint density at radius 1 is 1.12 bits per heavy atom. The molecule has 0 saturated heterocycles. The Kier molecular flexibility index (Phi) is 5.38. The van der Waals surface area contributed by atoms with Crippen LogP contribution in [0.1, 0.15) is 84.5 Å². The summed E-state index contributed by atoms with van der Waals surface area (Å²) in [7, 11) is 0. The van der Waals surface area contributed by atoms with Gasteiger partial charge in [0.25, 0.3) is 0 Å². The van der Waals surface area contributed by atoms with Crippen LogP contribution in [0.5, 0.6) is 0 Å². The second-order valence-corrected chi connectivity index (χ2v) is 6.73. The third-order valence-corrected chi connectivity index (χ3v) is 5.13. The van der Waals surface area contributed by atoms with Crippen molar-refractivity contribution in [2.45, 2.75) is 84.5 Å². The standard InChI is InChI=1S/C17H31/c1-3-4-8-15-9-6-11-17(13-15)16-10-5-7-14(2)12-16/h14-15,17H,3-13H2,1-2H3. The minimum atomic E-state index is 0.981. The fourth-order valence-corrected chi connectivity index (χ4v) is 4.12. The van der Waals surface area contributed by atoms with E-state index in [0.29, 0.717) is 0 Å². The van der Waals surface area contributed by atoms with Crippen LogP contribution in [0, 0.1) is 23.7 Å². The molecule has 0 bridgehead atoms. The Morgan fingerprint density at radius 2 is 2.00 bits per heavy atom. The van der Waals surface area contributed by atoms with Gasteiger partial charge in [0, 0.05) is 0 Å². The molecule has 0 spiro atoms. The molecule has 0 N–H and O–H groups in total. The van der Waals surface area contributed by atoms with Crippen molar-refractivity contribution in [1.82, 2.24) is 0 Å². The fourth-order valence-electron chi connectivity index (χ4n) is 4.12. The van der Waals surface area contributed by atoms with E-state index in [1.807, 2.05) is 5.92 Å². The van der Waals surface area contributed by atoms with Gasteiger partial charge in [-0.1, -0.05) is 58.8 Å². The predicted octanol–water partition coefficient (Wildman–Crippen LogP) is 5.77. The van der Waals surface area contributed by atoms with E-state index in [0.717, 1.165) is 17.8 Å². The monoisotopic (exact) mass is 235 g/mol. The molecule has 0 heterocycles. The lowest BCUT2D eigenvalue weighted by Crippen LogP contribution is -2.25. The van der Waals surface area contributed by atoms with E-state index in [1.54, 1.807) is 6.42 Å². The third-order valence-electron chi connectivity index (χ3n) is 5.13. The smallest absolute Gasteiger partial charge is 0.0207 e. The molecular formula is C17H31. The van der Waals surface area contributed by atoms with Crippen LogP contribution in [0.25, 0.3) is 0 Å². The zero-order chi connectivity index (χ0) is 12.1. The first kappa shape index (κ1) is 13.4. The summed E-state index contributed by atoms with van der Waals surface area (Å²) in [5, 5.41) is 0. The normalized spacial score (nSPS) is 36.0. The minimum Gasteiger partial charge on any atom is -0.0654 e. The van der Waals surface area contributed by atoms with Crippen LogP contribution in [0.15, 0.2) is 0 Å². The highest BCUT2D eigenvalue weighted by Crippen LogP contribution is 2.44. The van der Waals surface area contributed by atoms with Crippen molar-refractivity contribution in [3.63, 3.8) is 0 Å². The van der Waals surface area contributed by atoms with E-state index in [1.165, 1.54) is 64.2 Å². The van der Waals surface area contributed by atoms with Gasteiger partial charge in [-0.2, -0.15) is 0 Å². The van der Waals surface area contributed by atoms with Gasteiger partial charge in [0.05, 0.1) is 0 Å². The van der Waals surface area contributed by atoms with Gasteiger partial charge in [0.2, 0.25) is 0 Å². The quantitative estimate of drug-likeness (QED) is 0.580. The second-order valence-electron chi connectivity index (χ2n) is 6.73. The van der Waals surface area contributed by atoms with Gasteiger partial charge in [-0.15, -0.1) is 0 Å². The third kappa shape index (κ3) is 4.00. The van der Waals surface area contributed by atoms with Crippen molar-refractivity contribution in [1.29, 1.82) is 0 Å². The summed E-state index contributed by atoms with van der Waals surface area (Å²) in [6.07, 6.45) is 16.3. The van der Waals surface area contributed by atoms with Gasteiger partial charge in [-0.3, -0.25) is 0 Å². The predicted molar refractivity (Wildman–Crippen MR) is 75.8 cm³/mol. The molecule has 2 saturated carbocycles. The lowest BCUT2D eigenvalue weighted by molar-refractivity contribution is 0.227. The zero-order valence-electron chi connectivity index (χ0n) is 12.0. The summed E-state index contributed by atoms with van der Waals surface area (Å²) in [5.74, 6) is 5.03. The average Bonchev–Trinajstić information content (AvgIpc) is 2.37. The Labute approximate surface area is 109 Å². The number of unbranched alkanes of at least 4 members (excludes halogenated alkanes) is 1. The van der Waals surface area contributed by atoms with Crippen molar-refractivity contribution in [3.05, 3.63) is 5.92 Å². The fraction of sp³-hybridized carbons (Fsp3) is 0.941. The highest BCUT2D eigenvalue weighted by Gasteiger charge is 2.31. The van der Waals surface area contributed by atoms with Gasteiger partial charge >= 0.3 is 0 Å². The van der Waals surface area contributed by atoms with E-state index >= 15 is 0 Å². The van der Waals surface area contributed by atoms with Gasteiger partial charge in [0.15, 0.2) is 0 Å². The van der Waals surface area contributed by atoms with Gasteiger partial charge < -0.3 is 0 Å². The maximum atomic E-state index is 2.45.